The molecule has 1 aromatic rings. The van der Waals surface area contributed by atoms with Gasteiger partial charge in [0.2, 0.25) is 10.0 Å². The SMILES string of the molecule is CC(C)S(=O)(=O)N(CCC(N)=S)c1ccccc1. The number of para-hydroxylation sites is 1. The van der Waals surface area contributed by atoms with E-state index in [1.807, 2.05) is 6.07 Å². The van der Waals surface area contributed by atoms with Crippen molar-refractivity contribution in [1.29, 1.82) is 0 Å². The zero-order valence-electron chi connectivity index (χ0n) is 10.5. The monoisotopic (exact) mass is 286 g/mol. The van der Waals surface area contributed by atoms with Gasteiger partial charge in [-0.05, 0) is 26.0 Å². The number of anilines is 1. The van der Waals surface area contributed by atoms with Crippen LogP contribution in [0.3, 0.4) is 0 Å². The quantitative estimate of drug-likeness (QED) is 0.811. The average molecular weight is 286 g/mol. The summed E-state index contributed by atoms with van der Waals surface area (Å²) in [5.41, 5.74) is 6.09. The largest absolute Gasteiger partial charge is 0.393 e. The Morgan fingerprint density at radius 2 is 1.89 bits per heavy atom. The molecule has 0 spiro atoms. The van der Waals surface area contributed by atoms with E-state index in [-0.39, 0.29) is 6.54 Å². The van der Waals surface area contributed by atoms with Crippen LogP contribution >= 0.6 is 12.2 Å². The number of rotatable bonds is 6. The smallest absolute Gasteiger partial charge is 0.237 e. The molecule has 0 saturated heterocycles. The molecule has 4 nitrogen and oxygen atoms in total. The second kappa shape index (κ2) is 6.15. The minimum Gasteiger partial charge on any atom is -0.393 e. The van der Waals surface area contributed by atoms with Gasteiger partial charge < -0.3 is 5.73 Å². The summed E-state index contributed by atoms with van der Waals surface area (Å²) >= 11 is 4.81. The van der Waals surface area contributed by atoms with Crippen LogP contribution in [-0.4, -0.2) is 25.2 Å². The molecule has 0 unspecified atom stereocenters. The Labute approximate surface area is 114 Å². The third-order valence-electron chi connectivity index (χ3n) is 2.51. The molecule has 0 atom stereocenters. The van der Waals surface area contributed by atoms with Gasteiger partial charge in [-0.2, -0.15) is 0 Å². The molecule has 1 aromatic carbocycles. The van der Waals surface area contributed by atoms with Crippen LogP contribution < -0.4 is 10.0 Å². The maximum Gasteiger partial charge on any atom is 0.237 e. The molecule has 0 heterocycles. The lowest BCUT2D eigenvalue weighted by Gasteiger charge is -2.26. The summed E-state index contributed by atoms with van der Waals surface area (Å²) in [6, 6.07) is 8.98. The van der Waals surface area contributed by atoms with Gasteiger partial charge in [0.25, 0.3) is 0 Å². The predicted molar refractivity (Wildman–Crippen MR) is 79.2 cm³/mol. The van der Waals surface area contributed by atoms with E-state index in [1.165, 1.54) is 4.31 Å². The minimum absolute atomic E-state index is 0.278. The first-order valence-electron chi connectivity index (χ1n) is 5.70. The molecule has 0 aliphatic heterocycles. The molecular formula is C12H18N2O2S2. The second-order valence-corrected chi connectivity index (χ2v) is 7.16. The number of benzene rings is 1. The molecule has 100 valence electrons. The van der Waals surface area contributed by atoms with Crippen LogP contribution in [0.4, 0.5) is 5.69 Å². The predicted octanol–water partition coefficient (Wildman–Crippen LogP) is 1.91. The van der Waals surface area contributed by atoms with Gasteiger partial charge in [0.15, 0.2) is 0 Å². The number of nitrogens with zero attached hydrogens (tertiary/aromatic N) is 1. The van der Waals surface area contributed by atoms with E-state index >= 15 is 0 Å². The number of hydrogen-bond acceptors (Lipinski definition) is 3. The Kier molecular flexibility index (Phi) is 5.10. The van der Waals surface area contributed by atoms with Gasteiger partial charge in [0.05, 0.1) is 15.9 Å². The van der Waals surface area contributed by atoms with Gasteiger partial charge >= 0.3 is 0 Å². The highest BCUT2D eigenvalue weighted by molar-refractivity contribution is 7.93. The summed E-state index contributed by atoms with van der Waals surface area (Å²) in [5.74, 6) is 0. The fraction of sp³-hybridized carbons (Fsp3) is 0.417. The van der Waals surface area contributed by atoms with E-state index in [2.05, 4.69) is 0 Å². The third kappa shape index (κ3) is 3.68. The van der Waals surface area contributed by atoms with Crippen LogP contribution in [0.1, 0.15) is 20.3 Å². The third-order valence-corrected chi connectivity index (χ3v) is 4.91. The van der Waals surface area contributed by atoms with Crippen molar-refractivity contribution >= 4 is 32.9 Å². The van der Waals surface area contributed by atoms with Gasteiger partial charge in [-0.25, -0.2) is 8.42 Å². The summed E-state index contributed by atoms with van der Waals surface area (Å²) in [6.07, 6.45) is 0.371. The number of nitrogens with two attached hydrogens (primary N) is 1. The van der Waals surface area contributed by atoms with Crippen LogP contribution in [0, 0.1) is 0 Å². The Bertz CT molecular complexity index is 498. The van der Waals surface area contributed by atoms with Crippen molar-refractivity contribution in [3.05, 3.63) is 30.3 Å². The van der Waals surface area contributed by atoms with Gasteiger partial charge in [-0.3, -0.25) is 4.31 Å². The highest BCUT2D eigenvalue weighted by Crippen LogP contribution is 2.20. The van der Waals surface area contributed by atoms with Gasteiger partial charge in [0.1, 0.15) is 0 Å². The zero-order chi connectivity index (χ0) is 13.8. The first kappa shape index (κ1) is 14.9. The Morgan fingerprint density at radius 3 is 2.33 bits per heavy atom. The molecule has 0 fully saturated rings. The van der Waals surface area contributed by atoms with E-state index in [0.717, 1.165) is 0 Å². The summed E-state index contributed by atoms with van der Waals surface area (Å²) in [7, 11) is -3.37. The number of sulfonamides is 1. The van der Waals surface area contributed by atoms with Crippen LogP contribution in [0.15, 0.2) is 30.3 Å². The van der Waals surface area contributed by atoms with Crippen molar-refractivity contribution in [2.24, 2.45) is 5.73 Å². The molecule has 18 heavy (non-hydrogen) atoms. The van der Waals surface area contributed by atoms with Gasteiger partial charge in [-0.15, -0.1) is 0 Å². The topological polar surface area (TPSA) is 63.4 Å². The van der Waals surface area contributed by atoms with E-state index in [4.69, 9.17) is 18.0 Å². The molecule has 1 rings (SSSR count). The van der Waals surface area contributed by atoms with E-state index in [0.29, 0.717) is 17.1 Å². The molecule has 0 aliphatic rings. The summed E-state index contributed by atoms with van der Waals surface area (Å²) in [5, 5.41) is -0.482. The molecule has 0 amide bonds. The maximum absolute atomic E-state index is 12.3. The van der Waals surface area contributed by atoms with Crippen molar-refractivity contribution in [2.45, 2.75) is 25.5 Å². The van der Waals surface area contributed by atoms with E-state index in [1.54, 1.807) is 38.1 Å². The summed E-state index contributed by atoms with van der Waals surface area (Å²) < 4.78 is 25.9. The molecule has 0 aromatic heterocycles. The van der Waals surface area contributed by atoms with Crippen LogP contribution in [0.25, 0.3) is 0 Å². The fourth-order valence-electron chi connectivity index (χ4n) is 1.46. The highest BCUT2D eigenvalue weighted by atomic mass is 32.2. The first-order chi connectivity index (χ1) is 8.35. The fourth-order valence-corrected chi connectivity index (χ4v) is 2.83. The second-order valence-electron chi connectivity index (χ2n) is 4.22. The lowest BCUT2D eigenvalue weighted by molar-refractivity contribution is 0.582. The minimum atomic E-state index is -3.37. The van der Waals surface area contributed by atoms with Gasteiger partial charge in [-0.1, -0.05) is 30.4 Å². The molecule has 0 bridgehead atoms. The standard InChI is InChI=1S/C12H18N2O2S2/c1-10(2)18(15,16)14(9-8-12(13)17)11-6-4-3-5-7-11/h3-7,10H,8-9H2,1-2H3,(H2,13,17). The Hall–Kier alpha value is -1.14. The lowest BCUT2D eigenvalue weighted by Crippen LogP contribution is -2.38. The van der Waals surface area contributed by atoms with Gasteiger partial charge in [0, 0.05) is 13.0 Å². The van der Waals surface area contributed by atoms with Crippen LogP contribution in [-0.2, 0) is 10.0 Å². The summed E-state index contributed by atoms with van der Waals surface area (Å²) in [4.78, 5) is 0.315. The maximum atomic E-state index is 12.3. The van der Waals surface area contributed by atoms with Crippen molar-refractivity contribution in [1.82, 2.24) is 0 Å². The zero-order valence-corrected chi connectivity index (χ0v) is 12.2. The molecule has 6 heteroatoms. The molecule has 2 N–H and O–H groups in total. The Morgan fingerprint density at radius 1 is 1.33 bits per heavy atom. The summed E-state index contributed by atoms with van der Waals surface area (Å²) in [6.45, 7) is 3.60. The van der Waals surface area contributed by atoms with Crippen LogP contribution in [0.2, 0.25) is 0 Å². The first-order valence-corrected chi connectivity index (χ1v) is 7.61. The van der Waals surface area contributed by atoms with E-state index in [9.17, 15) is 8.42 Å². The highest BCUT2D eigenvalue weighted by Gasteiger charge is 2.25. The van der Waals surface area contributed by atoms with Crippen molar-refractivity contribution < 1.29 is 8.42 Å². The van der Waals surface area contributed by atoms with Crippen molar-refractivity contribution in [2.75, 3.05) is 10.8 Å². The van der Waals surface area contributed by atoms with Crippen molar-refractivity contribution in [3.8, 4) is 0 Å². The number of thiocarbonyl (C=S) groups is 1. The normalized spacial score (nSPS) is 11.5. The molecular weight excluding hydrogens is 268 g/mol. The van der Waals surface area contributed by atoms with Crippen molar-refractivity contribution in [3.63, 3.8) is 0 Å². The van der Waals surface area contributed by atoms with E-state index < -0.39 is 15.3 Å². The lowest BCUT2D eigenvalue weighted by atomic mass is 10.3. The molecule has 0 saturated carbocycles. The van der Waals surface area contributed by atoms with Crippen LogP contribution in [0.5, 0.6) is 0 Å². The molecule has 0 radical (unpaired) electrons. The Balaban J connectivity index is 3.07. The average Bonchev–Trinajstić information content (AvgIpc) is 2.29. The molecule has 0 aliphatic carbocycles. The number of hydrogen-bond donors (Lipinski definition) is 1.